The number of ether oxygens (including phenoxy) is 1. The second kappa shape index (κ2) is 5.11. The molecule has 0 aliphatic carbocycles. The zero-order valence-electron chi connectivity index (χ0n) is 8.20. The molecule has 2 N–H and O–H groups in total. The molecule has 0 fully saturated rings. The molecule has 0 aliphatic rings. The smallest absolute Gasteiger partial charge is 0.251 e. The molecule has 0 aromatic heterocycles. The fraction of sp³-hybridized carbons (Fsp3) is 0.875. The summed E-state index contributed by atoms with van der Waals surface area (Å²) in [7, 11) is 3.24. The lowest BCUT2D eigenvalue weighted by Gasteiger charge is -2.22. The molecule has 2 atom stereocenters. The maximum Gasteiger partial charge on any atom is 0.251 e. The highest BCUT2D eigenvalue weighted by Crippen LogP contribution is 1.95. The molecule has 0 aromatic carbocycles. The van der Waals surface area contributed by atoms with Gasteiger partial charge in [-0.3, -0.25) is 4.79 Å². The Bertz CT molecular complexity index is 148. The van der Waals surface area contributed by atoms with Gasteiger partial charge in [0.1, 0.15) is 6.10 Å². The van der Waals surface area contributed by atoms with Crippen LogP contribution in [-0.2, 0) is 9.53 Å². The second-order valence-corrected chi connectivity index (χ2v) is 3.07. The Kier molecular flexibility index (Phi) is 4.85. The highest BCUT2D eigenvalue weighted by atomic mass is 16.5. The molecular formula is C8H18N2O2. The molecule has 12 heavy (non-hydrogen) atoms. The van der Waals surface area contributed by atoms with Crippen molar-refractivity contribution in [1.82, 2.24) is 4.90 Å². The summed E-state index contributed by atoms with van der Waals surface area (Å²) in [5.74, 6) is -0.0326. The number of amides is 1. The Hall–Kier alpha value is -0.610. The van der Waals surface area contributed by atoms with Crippen LogP contribution in [0.1, 0.15) is 13.8 Å². The van der Waals surface area contributed by atoms with E-state index in [2.05, 4.69) is 0 Å². The van der Waals surface area contributed by atoms with Crippen molar-refractivity contribution >= 4 is 5.91 Å². The third kappa shape index (κ3) is 3.69. The summed E-state index contributed by atoms with van der Waals surface area (Å²) in [6.07, 6.45) is -0.381. The lowest BCUT2D eigenvalue weighted by Crippen LogP contribution is -2.41. The number of carbonyl (C=O) groups excluding carboxylic acids is 1. The number of hydrogen-bond donors (Lipinski definition) is 1. The quantitative estimate of drug-likeness (QED) is 0.643. The summed E-state index contributed by atoms with van der Waals surface area (Å²) in [5, 5.41) is 0. The number of hydrogen-bond acceptors (Lipinski definition) is 3. The van der Waals surface area contributed by atoms with Gasteiger partial charge in [-0.25, -0.2) is 0 Å². The zero-order valence-corrected chi connectivity index (χ0v) is 8.20. The van der Waals surface area contributed by atoms with E-state index in [0.717, 1.165) is 0 Å². The third-order valence-corrected chi connectivity index (χ3v) is 1.64. The first-order chi connectivity index (χ1) is 5.49. The summed E-state index contributed by atoms with van der Waals surface area (Å²) >= 11 is 0. The summed E-state index contributed by atoms with van der Waals surface area (Å²) < 4.78 is 4.88. The number of likely N-dealkylation sites (N-methyl/N-ethyl adjacent to an activating group) is 1. The first-order valence-corrected chi connectivity index (χ1v) is 4.02. The number of nitrogens with two attached hydrogens (primary N) is 1. The summed E-state index contributed by atoms with van der Waals surface area (Å²) in [5.41, 5.74) is 5.54. The summed E-state index contributed by atoms with van der Waals surface area (Å²) in [4.78, 5) is 12.9. The highest BCUT2D eigenvalue weighted by molar-refractivity contribution is 5.80. The number of rotatable bonds is 4. The van der Waals surface area contributed by atoms with Gasteiger partial charge in [-0.2, -0.15) is 0 Å². The van der Waals surface area contributed by atoms with Crippen LogP contribution in [0.2, 0.25) is 0 Å². The number of methoxy groups -OCH3 is 1. The number of carbonyl (C=O) groups is 1. The molecular weight excluding hydrogens is 156 g/mol. The van der Waals surface area contributed by atoms with Crippen LogP contribution in [0.15, 0.2) is 0 Å². The van der Waals surface area contributed by atoms with E-state index < -0.39 is 0 Å². The zero-order chi connectivity index (χ0) is 9.72. The molecule has 0 heterocycles. The van der Waals surface area contributed by atoms with Crippen LogP contribution in [0.25, 0.3) is 0 Å². The largest absolute Gasteiger partial charge is 0.372 e. The highest BCUT2D eigenvalue weighted by Gasteiger charge is 2.16. The van der Waals surface area contributed by atoms with E-state index in [1.165, 1.54) is 7.11 Å². The van der Waals surface area contributed by atoms with Crippen molar-refractivity contribution in [3.05, 3.63) is 0 Å². The van der Waals surface area contributed by atoms with Gasteiger partial charge in [0.15, 0.2) is 0 Å². The van der Waals surface area contributed by atoms with E-state index in [0.29, 0.717) is 6.54 Å². The van der Waals surface area contributed by atoms with Crippen molar-refractivity contribution < 1.29 is 9.53 Å². The first-order valence-electron chi connectivity index (χ1n) is 4.02. The van der Waals surface area contributed by atoms with Crippen molar-refractivity contribution in [1.29, 1.82) is 0 Å². The van der Waals surface area contributed by atoms with Gasteiger partial charge < -0.3 is 15.4 Å². The SMILES string of the molecule is COC(C)C(=O)N(C)CC(C)N. The minimum atomic E-state index is -0.381. The average molecular weight is 174 g/mol. The van der Waals surface area contributed by atoms with E-state index in [-0.39, 0.29) is 18.1 Å². The monoisotopic (exact) mass is 174 g/mol. The lowest BCUT2D eigenvalue weighted by molar-refractivity contribution is -0.139. The van der Waals surface area contributed by atoms with Crippen LogP contribution >= 0.6 is 0 Å². The van der Waals surface area contributed by atoms with Crippen LogP contribution in [0.5, 0.6) is 0 Å². The number of nitrogens with zero attached hydrogens (tertiary/aromatic N) is 1. The summed E-state index contributed by atoms with van der Waals surface area (Å²) in [6, 6.07) is 0.00278. The van der Waals surface area contributed by atoms with Crippen LogP contribution in [0, 0.1) is 0 Å². The molecule has 2 unspecified atom stereocenters. The first kappa shape index (κ1) is 11.4. The van der Waals surface area contributed by atoms with Gasteiger partial charge in [0, 0.05) is 26.7 Å². The Morgan fingerprint density at radius 1 is 1.58 bits per heavy atom. The van der Waals surface area contributed by atoms with Crippen molar-refractivity contribution in [2.75, 3.05) is 20.7 Å². The normalized spacial score (nSPS) is 15.4. The fourth-order valence-corrected chi connectivity index (χ4v) is 0.933. The van der Waals surface area contributed by atoms with Crippen molar-refractivity contribution in [2.45, 2.75) is 26.0 Å². The maximum atomic E-state index is 11.4. The maximum absolute atomic E-state index is 11.4. The molecule has 0 rings (SSSR count). The molecule has 4 nitrogen and oxygen atoms in total. The molecule has 0 radical (unpaired) electrons. The molecule has 1 amide bonds. The minimum absolute atomic E-state index is 0.00278. The summed E-state index contributed by atoms with van der Waals surface area (Å²) in [6.45, 7) is 4.15. The van der Waals surface area contributed by atoms with E-state index in [9.17, 15) is 4.79 Å². The Morgan fingerprint density at radius 2 is 2.08 bits per heavy atom. The van der Waals surface area contributed by atoms with Crippen molar-refractivity contribution in [3.8, 4) is 0 Å². The Labute approximate surface area is 73.7 Å². The van der Waals surface area contributed by atoms with Gasteiger partial charge in [-0.05, 0) is 13.8 Å². The van der Waals surface area contributed by atoms with E-state index in [4.69, 9.17) is 10.5 Å². The Balaban J connectivity index is 3.92. The van der Waals surface area contributed by atoms with Gasteiger partial charge in [-0.1, -0.05) is 0 Å². The van der Waals surface area contributed by atoms with Gasteiger partial charge in [-0.15, -0.1) is 0 Å². The van der Waals surface area contributed by atoms with E-state index in [1.54, 1.807) is 18.9 Å². The molecule has 0 bridgehead atoms. The van der Waals surface area contributed by atoms with Crippen LogP contribution in [0.3, 0.4) is 0 Å². The third-order valence-electron chi connectivity index (χ3n) is 1.64. The van der Waals surface area contributed by atoms with Gasteiger partial charge >= 0.3 is 0 Å². The topological polar surface area (TPSA) is 55.6 Å². The predicted molar refractivity (Wildman–Crippen MR) is 47.8 cm³/mol. The average Bonchev–Trinajstić information content (AvgIpc) is 2.00. The van der Waals surface area contributed by atoms with Gasteiger partial charge in [0.2, 0.25) is 0 Å². The molecule has 0 spiro atoms. The molecule has 0 aliphatic heterocycles. The van der Waals surface area contributed by atoms with Crippen LogP contribution in [-0.4, -0.2) is 43.7 Å². The van der Waals surface area contributed by atoms with Crippen molar-refractivity contribution in [2.24, 2.45) is 5.73 Å². The standard InChI is InChI=1S/C8H18N2O2/c1-6(9)5-10(3)8(11)7(2)12-4/h6-7H,5,9H2,1-4H3. The van der Waals surface area contributed by atoms with E-state index in [1.807, 2.05) is 6.92 Å². The molecule has 4 heteroatoms. The van der Waals surface area contributed by atoms with Crippen LogP contribution in [0.4, 0.5) is 0 Å². The second-order valence-electron chi connectivity index (χ2n) is 3.07. The lowest BCUT2D eigenvalue weighted by atomic mass is 10.3. The fourth-order valence-electron chi connectivity index (χ4n) is 0.933. The van der Waals surface area contributed by atoms with Gasteiger partial charge in [0.05, 0.1) is 0 Å². The van der Waals surface area contributed by atoms with Gasteiger partial charge in [0.25, 0.3) is 5.91 Å². The molecule has 0 saturated carbocycles. The van der Waals surface area contributed by atoms with Crippen molar-refractivity contribution in [3.63, 3.8) is 0 Å². The van der Waals surface area contributed by atoms with E-state index >= 15 is 0 Å². The minimum Gasteiger partial charge on any atom is -0.372 e. The molecule has 0 saturated heterocycles. The molecule has 72 valence electrons. The Morgan fingerprint density at radius 3 is 2.42 bits per heavy atom. The van der Waals surface area contributed by atoms with Crippen LogP contribution < -0.4 is 5.73 Å². The predicted octanol–water partition coefficient (Wildman–Crippen LogP) is -0.173. The molecule has 0 aromatic rings.